The molecule has 0 N–H and O–H groups in total. The average molecular weight is 330 g/mol. The molecule has 4 rings (SSSR count). The van der Waals surface area contributed by atoms with Crippen LogP contribution in [0.2, 0.25) is 0 Å². The van der Waals surface area contributed by atoms with Crippen LogP contribution in [-0.4, -0.2) is 17.9 Å². The van der Waals surface area contributed by atoms with Gasteiger partial charge in [-0.25, -0.2) is 0 Å². The first-order valence-electron chi connectivity index (χ1n) is 9.76. The van der Waals surface area contributed by atoms with Crippen molar-refractivity contribution in [3.63, 3.8) is 0 Å². The van der Waals surface area contributed by atoms with E-state index in [-0.39, 0.29) is 23.4 Å². The molecule has 0 saturated heterocycles. The summed E-state index contributed by atoms with van der Waals surface area (Å²) in [6.07, 6.45) is 11.0. The van der Waals surface area contributed by atoms with E-state index in [1.807, 2.05) is 6.08 Å². The van der Waals surface area contributed by atoms with Crippen molar-refractivity contribution in [1.82, 2.24) is 0 Å². The third kappa shape index (κ3) is 2.30. The Morgan fingerprint density at radius 1 is 1.12 bits per heavy atom. The number of hydrogen-bond acceptors (Lipinski definition) is 3. The highest BCUT2D eigenvalue weighted by molar-refractivity contribution is 5.94. The molecule has 0 amide bonds. The zero-order valence-corrected chi connectivity index (χ0v) is 15.3. The van der Waals surface area contributed by atoms with E-state index in [0.29, 0.717) is 23.0 Å². The van der Waals surface area contributed by atoms with E-state index in [9.17, 15) is 9.59 Å². The van der Waals surface area contributed by atoms with Crippen molar-refractivity contribution in [2.24, 2.45) is 28.6 Å². The third-order valence-corrected chi connectivity index (χ3v) is 8.01. The fourth-order valence-electron chi connectivity index (χ4n) is 6.69. The molecule has 24 heavy (non-hydrogen) atoms. The number of ether oxygens (including phenoxy) is 1. The van der Waals surface area contributed by atoms with Crippen LogP contribution in [0.4, 0.5) is 0 Å². The second-order valence-corrected chi connectivity index (χ2v) is 9.29. The zero-order valence-electron chi connectivity index (χ0n) is 15.3. The highest BCUT2D eigenvalue weighted by Crippen LogP contribution is 2.64. The minimum atomic E-state index is -0.205. The largest absolute Gasteiger partial charge is 0.462 e. The van der Waals surface area contributed by atoms with Gasteiger partial charge in [-0.05, 0) is 67.3 Å². The van der Waals surface area contributed by atoms with Crippen LogP contribution in [0.15, 0.2) is 11.6 Å². The van der Waals surface area contributed by atoms with E-state index in [0.717, 1.165) is 19.3 Å². The molecule has 3 nitrogen and oxygen atoms in total. The molecule has 0 unspecified atom stereocenters. The van der Waals surface area contributed by atoms with Crippen LogP contribution < -0.4 is 0 Å². The molecule has 6 atom stereocenters. The van der Waals surface area contributed by atoms with Crippen molar-refractivity contribution in [2.75, 3.05) is 0 Å². The Kier molecular flexibility index (Phi) is 3.71. The van der Waals surface area contributed by atoms with Crippen molar-refractivity contribution in [3.8, 4) is 0 Å². The second kappa shape index (κ2) is 5.44. The van der Waals surface area contributed by atoms with Crippen molar-refractivity contribution < 1.29 is 14.3 Å². The molecule has 4 aliphatic carbocycles. The van der Waals surface area contributed by atoms with E-state index in [1.54, 1.807) is 0 Å². The zero-order chi connectivity index (χ0) is 17.1. The van der Waals surface area contributed by atoms with Gasteiger partial charge in [-0.15, -0.1) is 0 Å². The van der Waals surface area contributed by atoms with Gasteiger partial charge in [-0.1, -0.05) is 25.8 Å². The van der Waals surface area contributed by atoms with Gasteiger partial charge in [-0.2, -0.15) is 0 Å². The maximum Gasteiger partial charge on any atom is 0.302 e. The summed E-state index contributed by atoms with van der Waals surface area (Å²) in [5.41, 5.74) is 1.79. The lowest BCUT2D eigenvalue weighted by atomic mass is 9.48. The van der Waals surface area contributed by atoms with Crippen LogP contribution in [0.5, 0.6) is 0 Å². The monoisotopic (exact) mass is 330 g/mol. The molecule has 0 spiro atoms. The van der Waals surface area contributed by atoms with Gasteiger partial charge in [-0.3, -0.25) is 9.59 Å². The molecule has 0 aromatic heterocycles. The van der Waals surface area contributed by atoms with E-state index in [2.05, 4.69) is 13.8 Å². The fraction of sp³-hybridized carbons (Fsp3) is 0.810. The topological polar surface area (TPSA) is 43.4 Å². The first-order valence-corrected chi connectivity index (χ1v) is 9.76. The summed E-state index contributed by atoms with van der Waals surface area (Å²) in [5.74, 6) is 1.49. The normalized spacial score (nSPS) is 47.3. The molecular weight excluding hydrogens is 300 g/mol. The van der Waals surface area contributed by atoms with Gasteiger partial charge in [0, 0.05) is 19.3 Å². The molecule has 0 aromatic rings. The number of hydrogen-bond donors (Lipinski definition) is 0. The molecule has 3 saturated carbocycles. The Morgan fingerprint density at radius 2 is 1.92 bits per heavy atom. The maximum atomic E-state index is 13.1. The van der Waals surface area contributed by atoms with Crippen molar-refractivity contribution >= 4 is 11.8 Å². The average Bonchev–Trinajstić information content (AvgIpc) is 2.90. The minimum Gasteiger partial charge on any atom is -0.462 e. The first kappa shape index (κ1) is 16.4. The molecule has 3 fully saturated rings. The van der Waals surface area contributed by atoms with Gasteiger partial charge in [0.25, 0.3) is 0 Å². The van der Waals surface area contributed by atoms with E-state index in [4.69, 9.17) is 4.74 Å². The number of carbonyl (C=O) groups excluding carboxylic acids is 2. The maximum absolute atomic E-state index is 13.1. The lowest BCUT2D eigenvalue weighted by Crippen LogP contribution is -2.52. The quantitative estimate of drug-likeness (QED) is 0.667. The number of allylic oxidation sites excluding steroid dienone is 1. The lowest BCUT2D eigenvalue weighted by molar-refractivity contribution is -0.149. The summed E-state index contributed by atoms with van der Waals surface area (Å²) >= 11 is 0. The predicted molar refractivity (Wildman–Crippen MR) is 92.3 cm³/mol. The van der Waals surface area contributed by atoms with Crippen LogP contribution in [0.25, 0.3) is 0 Å². The lowest BCUT2D eigenvalue weighted by Gasteiger charge is -2.56. The smallest absolute Gasteiger partial charge is 0.302 e. The molecule has 0 heterocycles. The highest BCUT2D eigenvalue weighted by Gasteiger charge is 2.58. The number of rotatable bonds is 1. The number of carbonyl (C=O) groups is 2. The number of esters is 1. The Hall–Kier alpha value is -1.12. The van der Waals surface area contributed by atoms with Crippen molar-refractivity contribution in [2.45, 2.75) is 78.2 Å². The molecule has 132 valence electrons. The molecular formula is C21H30O3. The molecule has 3 heteroatoms. The van der Waals surface area contributed by atoms with Crippen LogP contribution >= 0.6 is 0 Å². The highest BCUT2D eigenvalue weighted by atomic mass is 16.5. The van der Waals surface area contributed by atoms with Crippen LogP contribution in [0.1, 0.15) is 72.1 Å². The Balaban J connectivity index is 1.65. The minimum absolute atomic E-state index is 0.0356. The Morgan fingerprint density at radius 3 is 2.67 bits per heavy atom. The Labute approximate surface area is 145 Å². The van der Waals surface area contributed by atoms with Gasteiger partial charge < -0.3 is 4.74 Å². The van der Waals surface area contributed by atoms with Crippen LogP contribution in [0, 0.1) is 28.6 Å². The van der Waals surface area contributed by atoms with Crippen LogP contribution in [0.3, 0.4) is 0 Å². The summed E-state index contributed by atoms with van der Waals surface area (Å²) in [4.78, 5) is 24.4. The van der Waals surface area contributed by atoms with Gasteiger partial charge >= 0.3 is 5.97 Å². The second-order valence-electron chi connectivity index (χ2n) is 9.29. The predicted octanol–water partition coefficient (Wildman–Crippen LogP) is 4.45. The molecule has 0 radical (unpaired) electrons. The summed E-state index contributed by atoms with van der Waals surface area (Å²) in [7, 11) is 0. The van der Waals surface area contributed by atoms with Crippen molar-refractivity contribution in [3.05, 3.63) is 11.6 Å². The van der Waals surface area contributed by atoms with E-state index in [1.165, 1.54) is 44.6 Å². The van der Waals surface area contributed by atoms with Gasteiger partial charge in [0.1, 0.15) is 6.10 Å². The summed E-state index contributed by atoms with van der Waals surface area (Å²) in [6, 6.07) is 0. The molecule has 0 aliphatic heterocycles. The summed E-state index contributed by atoms with van der Waals surface area (Å²) in [5, 5.41) is 0. The first-order chi connectivity index (χ1) is 11.3. The van der Waals surface area contributed by atoms with Crippen molar-refractivity contribution in [1.29, 1.82) is 0 Å². The van der Waals surface area contributed by atoms with E-state index < -0.39 is 0 Å². The number of fused-ring (bicyclic) bond motifs is 5. The molecule has 0 bridgehead atoms. The molecule has 4 aliphatic rings. The van der Waals surface area contributed by atoms with Gasteiger partial charge in [0.05, 0.1) is 0 Å². The molecule has 0 aromatic carbocycles. The number of ketones is 1. The summed E-state index contributed by atoms with van der Waals surface area (Å²) < 4.78 is 5.45. The Bertz CT molecular complexity index is 606. The third-order valence-electron chi connectivity index (χ3n) is 8.01. The SMILES string of the molecule is CC(=O)O[C@H]1CC[C@]2(C)C(=CC(=O)[C@H]3[C@@H]4CCC[C@]4(C)CC[C@@H]32)C1. The summed E-state index contributed by atoms with van der Waals surface area (Å²) in [6.45, 7) is 6.28. The van der Waals surface area contributed by atoms with E-state index >= 15 is 0 Å². The standard InChI is InChI=1S/C21H30O3/c1-13(22)24-15-6-10-21(3)14(11-15)12-18(23)19-16-5-4-8-20(16,2)9-7-17(19)21/h12,15-17,19H,4-11H2,1-3H3/t15-,16-,17-,19-,20+,21+/m0/s1. The fourth-order valence-corrected chi connectivity index (χ4v) is 6.69. The van der Waals surface area contributed by atoms with Crippen LogP contribution in [-0.2, 0) is 14.3 Å². The van der Waals surface area contributed by atoms with Gasteiger partial charge in [0.15, 0.2) is 5.78 Å². The van der Waals surface area contributed by atoms with Gasteiger partial charge in [0.2, 0.25) is 0 Å².